The third-order valence-corrected chi connectivity index (χ3v) is 3.27. The quantitative estimate of drug-likeness (QED) is 0.662. The first kappa shape index (κ1) is 13.8. The number of rotatable bonds is 4. The number of ether oxygens (including phenoxy) is 1. The highest BCUT2D eigenvalue weighted by Crippen LogP contribution is 2.23. The third kappa shape index (κ3) is 3.91. The van der Waals surface area contributed by atoms with Crippen LogP contribution in [0, 0.1) is 3.57 Å². The predicted octanol–water partition coefficient (Wildman–Crippen LogP) is 4.62. The lowest BCUT2D eigenvalue weighted by atomic mass is 10.3. The number of para-hydroxylation sites is 1. The molecule has 0 aliphatic heterocycles. The molecule has 1 N–H and O–H groups in total. The molecule has 3 rings (SSSR count). The second-order valence-electron chi connectivity index (χ2n) is 4.29. The lowest BCUT2D eigenvalue weighted by molar-refractivity contribution is 0.483. The maximum atomic E-state index is 5.74. The van der Waals surface area contributed by atoms with Crippen molar-refractivity contribution in [3.8, 4) is 11.5 Å². The molecule has 0 aliphatic rings. The monoisotopic (exact) mass is 389 g/mol. The molecule has 21 heavy (non-hydrogen) atoms. The largest absolute Gasteiger partial charge is 0.457 e. The van der Waals surface area contributed by atoms with Gasteiger partial charge in [0.05, 0.1) is 0 Å². The average Bonchev–Trinajstić information content (AvgIpc) is 2.53. The SMILES string of the molecule is Ic1cnc(Nc2ccc(Oc3ccccc3)cc2)nc1. The van der Waals surface area contributed by atoms with Crippen molar-refractivity contribution in [2.75, 3.05) is 5.32 Å². The molecule has 0 bridgehead atoms. The lowest BCUT2D eigenvalue weighted by Gasteiger charge is -2.07. The zero-order chi connectivity index (χ0) is 14.5. The Hall–Kier alpha value is -2.15. The van der Waals surface area contributed by atoms with Crippen LogP contribution in [0.15, 0.2) is 67.0 Å². The van der Waals surface area contributed by atoms with E-state index in [2.05, 4.69) is 37.9 Å². The summed E-state index contributed by atoms with van der Waals surface area (Å²) in [5, 5.41) is 3.14. The Morgan fingerprint density at radius 1 is 0.810 bits per heavy atom. The summed E-state index contributed by atoms with van der Waals surface area (Å²) in [4.78, 5) is 8.41. The molecular formula is C16H12IN3O. The number of hydrogen-bond acceptors (Lipinski definition) is 4. The van der Waals surface area contributed by atoms with Crippen LogP contribution in [0.4, 0.5) is 11.6 Å². The zero-order valence-corrected chi connectivity index (χ0v) is 13.2. The normalized spacial score (nSPS) is 10.1. The van der Waals surface area contributed by atoms with E-state index in [0.717, 1.165) is 20.8 Å². The van der Waals surface area contributed by atoms with Crippen LogP contribution in [0.25, 0.3) is 0 Å². The number of halogens is 1. The van der Waals surface area contributed by atoms with Crippen molar-refractivity contribution in [1.82, 2.24) is 9.97 Å². The summed E-state index contributed by atoms with van der Waals surface area (Å²) in [6.45, 7) is 0. The summed E-state index contributed by atoms with van der Waals surface area (Å²) in [6, 6.07) is 17.4. The first-order chi connectivity index (χ1) is 10.3. The summed E-state index contributed by atoms with van der Waals surface area (Å²) < 4.78 is 6.74. The van der Waals surface area contributed by atoms with Gasteiger partial charge in [-0.25, -0.2) is 9.97 Å². The van der Waals surface area contributed by atoms with Gasteiger partial charge in [-0.15, -0.1) is 0 Å². The Bertz CT molecular complexity index is 700. The molecule has 0 aliphatic carbocycles. The Labute approximate surface area is 136 Å². The minimum absolute atomic E-state index is 0.576. The van der Waals surface area contributed by atoms with Gasteiger partial charge in [0.2, 0.25) is 5.95 Å². The van der Waals surface area contributed by atoms with Gasteiger partial charge in [0.1, 0.15) is 11.5 Å². The van der Waals surface area contributed by atoms with Crippen molar-refractivity contribution in [1.29, 1.82) is 0 Å². The van der Waals surface area contributed by atoms with Gasteiger partial charge in [-0.2, -0.15) is 0 Å². The Morgan fingerprint density at radius 2 is 1.43 bits per heavy atom. The van der Waals surface area contributed by atoms with Gasteiger partial charge < -0.3 is 10.1 Å². The van der Waals surface area contributed by atoms with E-state index in [-0.39, 0.29) is 0 Å². The minimum Gasteiger partial charge on any atom is -0.457 e. The molecule has 4 nitrogen and oxygen atoms in total. The van der Waals surface area contributed by atoms with Crippen molar-refractivity contribution in [3.63, 3.8) is 0 Å². The molecule has 3 aromatic rings. The summed E-state index contributed by atoms with van der Waals surface area (Å²) in [5.41, 5.74) is 0.914. The fourth-order valence-electron chi connectivity index (χ4n) is 1.74. The Morgan fingerprint density at radius 3 is 2.10 bits per heavy atom. The standard InChI is InChI=1S/C16H12IN3O/c17-12-10-18-16(19-11-12)20-13-6-8-15(9-7-13)21-14-4-2-1-3-5-14/h1-11H,(H,18,19,20). The van der Waals surface area contributed by atoms with Crippen molar-refractivity contribution < 1.29 is 4.74 Å². The summed E-state index contributed by atoms with van der Waals surface area (Å²) >= 11 is 2.17. The Kier molecular flexibility index (Phi) is 4.30. The van der Waals surface area contributed by atoms with E-state index in [0.29, 0.717) is 5.95 Å². The van der Waals surface area contributed by atoms with Crippen LogP contribution >= 0.6 is 22.6 Å². The predicted molar refractivity (Wildman–Crippen MR) is 91.0 cm³/mol. The number of aromatic nitrogens is 2. The summed E-state index contributed by atoms with van der Waals surface area (Å²) in [5.74, 6) is 2.18. The molecule has 1 aromatic heterocycles. The minimum atomic E-state index is 0.576. The smallest absolute Gasteiger partial charge is 0.227 e. The van der Waals surface area contributed by atoms with Gasteiger partial charge in [0.25, 0.3) is 0 Å². The molecule has 0 fully saturated rings. The van der Waals surface area contributed by atoms with Gasteiger partial charge in [0, 0.05) is 21.7 Å². The summed E-state index contributed by atoms with van der Waals surface area (Å²) in [7, 11) is 0. The van der Waals surface area contributed by atoms with Gasteiger partial charge in [-0.05, 0) is 59.0 Å². The average molecular weight is 389 g/mol. The van der Waals surface area contributed by atoms with E-state index in [1.165, 1.54) is 0 Å². The van der Waals surface area contributed by atoms with Crippen molar-refractivity contribution in [3.05, 3.63) is 70.6 Å². The highest BCUT2D eigenvalue weighted by atomic mass is 127. The van der Waals surface area contributed by atoms with Gasteiger partial charge in [-0.1, -0.05) is 18.2 Å². The van der Waals surface area contributed by atoms with E-state index in [9.17, 15) is 0 Å². The first-order valence-corrected chi connectivity index (χ1v) is 7.45. The molecule has 5 heteroatoms. The van der Waals surface area contributed by atoms with E-state index < -0.39 is 0 Å². The van der Waals surface area contributed by atoms with Crippen LogP contribution in [0.5, 0.6) is 11.5 Å². The van der Waals surface area contributed by atoms with Crippen LogP contribution in [-0.2, 0) is 0 Å². The molecule has 0 atom stereocenters. The molecular weight excluding hydrogens is 377 g/mol. The lowest BCUT2D eigenvalue weighted by Crippen LogP contribution is -1.96. The number of benzene rings is 2. The third-order valence-electron chi connectivity index (χ3n) is 2.71. The van der Waals surface area contributed by atoms with E-state index in [1.807, 2.05) is 54.6 Å². The van der Waals surface area contributed by atoms with E-state index >= 15 is 0 Å². The maximum absolute atomic E-state index is 5.74. The fourth-order valence-corrected chi connectivity index (χ4v) is 2.02. The van der Waals surface area contributed by atoms with Gasteiger partial charge in [-0.3, -0.25) is 0 Å². The number of hydrogen-bond donors (Lipinski definition) is 1. The molecule has 0 unspecified atom stereocenters. The molecule has 0 saturated heterocycles. The van der Waals surface area contributed by atoms with Crippen LogP contribution in [0.2, 0.25) is 0 Å². The molecule has 2 aromatic carbocycles. The molecule has 1 heterocycles. The van der Waals surface area contributed by atoms with Gasteiger partial charge >= 0.3 is 0 Å². The summed E-state index contributed by atoms with van der Waals surface area (Å²) in [6.07, 6.45) is 3.53. The van der Waals surface area contributed by atoms with Crippen LogP contribution in [0.1, 0.15) is 0 Å². The van der Waals surface area contributed by atoms with E-state index in [4.69, 9.17) is 4.74 Å². The molecule has 0 radical (unpaired) electrons. The van der Waals surface area contributed by atoms with Gasteiger partial charge in [0.15, 0.2) is 0 Å². The van der Waals surface area contributed by atoms with Crippen molar-refractivity contribution >= 4 is 34.2 Å². The molecule has 0 spiro atoms. The number of nitrogens with one attached hydrogen (secondary N) is 1. The highest BCUT2D eigenvalue weighted by molar-refractivity contribution is 14.1. The fraction of sp³-hybridized carbons (Fsp3) is 0. The maximum Gasteiger partial charge on any atom is 0.227 e. The van der Waals surface area contributed by atoms with Crippen LogP contribution < -0.4 is 10.1 Å². The second-order valence-corrected chi connectivity index (χ2v) is 5.54. The van der Waals surface area contributed by atoms with Crippen LogP contribution in [-0.4, -0.2) is 9.97 Å². The molecule has 0 amide bonds. The molecule has 104 valence electrons. The second kappa shape index (κ2) is 6.53. The topological polar surface area (TPSA) is 47.0 Å². The molecule has 0 saturated carbocycles. The number of nitrogens with zero attached hydrogens (tertiary/aromatic N) is 2. The van der Waals surface area contributed by atoms with Crippen molar-refractivity contribution in [2.24, 2.45) is 0 Å². The van der Waals surface area contributed by atoms with E-state index in [1.54, 1.807) is 12.4 Å². The zero-order valence-electron chi connectivity index (χ0n) is 11.0. The first-order valence-electron chi connectivity index (χ1n) is 6.37. The van der Waals surface area contributed by atoms with Crippen molar-refractivity contribution in [2.45, 2.75) is 0 Å². The van der Waals surface area contributed by atoms with Crippen LogP contribution in [0.3, 0.4) is 0 Å². The highest BCUT2D eigenvalue weighted by Gasteiger charge is 2.00. The Balaban J connectivity index is 1.68. The number of anilines is 2.